The van der Waals surface area contributed by atoms with Crippen LogP contribution in [0, 0.1) is 0 Å². The average molecular weight is 482 g/mol. The van der Waals surface area contributed by atoms with Crippen molar-refractivity contribution in [3.63, 3.8) is 0 Å². The predicted molar refractivity (Wildman–Crippen MR) is 126 cm³/mol. The van der Waals surface area contributed by atoms with Gasteiger partial charge in [-0.1, -0.05) is 70.6 Å². The van der Waals surface area contributed by atoms with Gasteiger partial charge in [0.2, 0.25) is 5.13 Å². The molecule has 160 valence electrons. The van der Waals surface area contributed by atoms with Crippen LogP contribution in [-0.4, -0.2) is 18.6 Å². The van der Waals surface area contributed by atoms with Crippen molar-refractivity contribution in [3.05, 3.63) is 95.7 Å². The Labute approximate surface area is 193 Å². The molecule has 5 rings (SSSR count). The molecule has 32 heavy (non-hydrogen) atoms. The van der Waals surface area contributed by atoms with Gasteiger partial charge in [-0.25, -0.2) is 17.7 Å². The molecule has 0 spiro atoms. The summed E-state index contributed by atoms with van der Waals surface area (Å²) in [5.41, 5.74) is 2.92. The molecular weight excluding hydrogens is 466 g/mol. The normalized spacial score (nSPS) is 11.7. The molecule has 6 nitrogen and oxygen atoms in total. The van der Waals surface area contributed by atoms with Gasteiger partial charge >= 0.3 is 0 Å². The summed E-state index contributed by atoms with van der Waals surface area (Å²) >= 11 is 7.41. The lowest BCUT2D eigenvalue weighted by Gasteiger charge is -2.22. The van der Waals surface area contributed by atoms with E-state index in [4.69, 9.17) is 16.1 Å². The molecule has 0 fully saturated rings. The number of thiazole rings is 1. The Hall–Kier alpha value is -3.20. The molecule has 0 amide bonds. The van der Waals surface area contributed by atoms with Crippen molar-refractivity contribution in [2.75, 3.05) is 4.31 Å². The van der Waals surface area contributed by atoms with E-state index in [-0.39, 0.29) is 11.4 Å². The molecule has 0 bridgehead atoms. The van der Waals surface area contributed by atoms with Crippen LogP contribution in [0.2, 0.25) is 5.02 Å². The third kappa shape index (κ3) is 4.00. The molecule has 0 saturated carbocycles. The molecule has 9 heteroatoms. The zero-order chi connectivity index (χ0) is 22.1. The molecule has 0 radical (unpaired) electrons. The van der Waals surface area contributed by atoms with Crippen LogP contribution < -0.4 is 4.31 Å². The summed E-state index contributed by atoms with van der Waals surface area (Å²) in [5, 5.41) is 4.83. The van der Waals surface area contributed by atoms with Crippen LogP contribution in [0.5, 0.6) is 0 Å². The van der Waals surface area contributed by atoms with Crippen molar-refractivity contribution >= 4 is 48.3 Å². The Morgan fingerprint density at radius 2 is 1.75 bits per heavy atom. The SMILES string of the molecule is O=S(=O)(c1ccc(-c2ccon2)cc1)N(Cc1ccccc1)c1nc2cc(Cl)ccc2s1. The minimum Gasteiger partial charge on any atom is -0.364 e. The van der Waals surface area contributed by atoms with Gasteiger partial charge in [0.1, 0.15) is 12.0 Å². The maximum atomic E-state index is 13.7. The van der Waals surface area contributed by atoms with Crippen LogP contribution in [0.1, 0.15) is 5.56 Å². The van der Waals surface area contributed by atoms with E-state index in [1.807, 2.05) is 36.4 Å². The first kappa shape index (κ1) is 20.7. The Bertz CT molecular complexity index is 1470. The van der Waals surface area contributed by atoms with E-state index < -0.39 is 10.0 Å². The van der Waals surface area contributed by atoms with E-state index in [1.54, 1.807) is 42.5 Å². The molecule has 5 aromatic rings. The molecule has 0 N–H and O–H groups in total. The fourth-order valence-electron chi connectivity index (χ4n) is 3.29. The number of anilines is 1. The van der Waals surface area contributed by atoms with Gasteiger partial charge in [0.15, 0.2) is 0 Å². The van der Waals surface area contributed by atoms with Gasteiger partial charge in [0.25, 0.3) is 10.0 Å². The highest BCUT2D eigenvalue weighted by Gasteiger charge is 2.28. The van der Waals surface area contributed by atoms with Gasteiger partial charge in [-0.15, -0.1) is 0 Å². The minimum atomic E-state index is -3.89. The van der Waals surface area contributed by atoms with E-state index in [9.17, 15) is 8.42 Å². The second-order valence-electron chi connectivity index (χ2n) is 7.01. The lowest BCUT2D eigenvalue weighted by Crippen LogP contribution is -2.30. The summed E-state index contributed by atoms with van der Waals surface area (Å²) < 4.78 is 34.5. The fourth-order valence-corrected chi connectivity index (χ4v) is 6.01. The lowest BCUT2D eigenvalue weighted by atomic mass is 10.2. The number of rotatable bonds is 6. The number of benzene rings is 3. The van der Waals surface area contributed by atoms with Crippen molar-refractivity contribution in [2.45, 2.75) is 11.4 Å². The van der Waals surface area contributed by atoms with Crippen molar-refractivity contribution in [3.8, 4) is 11.3 Å². The van der Waals surface area contributed by atoms with E-state index in [0.717, 1.165) is 15.8 Å². The molecule has 0 saturated heterocycles. The molecule has 0 aliphatic heterocycles. The zero-order valence-corrected chi connectivity index (χ0v) is 18.9. The number of hydrogen-bond donors (Lipinski definition) is 0. The maximum Gasteiger partial charge on any atom is 0.266 e. The van der Waals surface area contributed by atoms with Gasteiger partial charge in [0, 0.05) is 16.7 Å². The highest BCUT2D eigenvalue weighted by atomic mass is 35.5. The quantitative estimate of drug-likeness (QED) is 0.297. The van der Waals surface area contributed by atoms with Crippen LogP contribution in [0.15, 0.2) is 94.5 Å². The first-order valence-corrected chi connectivity index (χ1v) is 12.3. The second kappa shape index (κ2) is 8.38. The monoisotopic (exact) mass is 481 g/mol. The highest BCUT2D eigenvalue weighted by Crippen LogP contribution is 2.35. The van der Waals surface area contributed by atoms with Crippen LogP contribution in [0.25, 0.3) is 21.5 Å². The number of fused-ring (bicyclic) bond motifs is 1. The van der Waals surface area contributed by atoms with Gasteiger partial charge in [-0.3, -0.25) is 0 Å². The first-order chi connectivity index (χ1) is 15.5. The van der Waals surface area contributed by atoms with Crippen LogP contribution in [0.4, 0.5) is 5.13 Å². The molecular formula is C23H16ClN3O3S2. The number of hydrogen-bond acceptors (Lipinski definition) is 6. The van der Waals surface area contributed by atoms with Crippen LogP contribution in [0.3, 0.4) is 0 Å². The molecule has 2 heterocycles. The van der Waals surface area contributed by atoms with Crippen molar-refractivity contribution in [1.82, 2.24) is 10.1 Å². The van der Waals surface area contributed by atoms with E-state index in [0.29, 0.717) is 21.4 Å². The van der Waals surface area contributed by atoms with E-state index in [2.05, 4.69) is 10.1 Å². The smallest absolute Gasteiger partial charge is 0.266 e. The van der Waals surface area contributed by atoms with E-state index in [1.165, 1.54) is 21.9 Å². The Balaban J connectivity index is 1.58. The topological polar surface area (TPSA) is 76.3 Å². The van der Waals surface area contributed by atoms with E-state index >= 15 is 0 Å². The standard InChI is InChI=1S/C23H16ClN3O3S2/c24-18-8-11-22-21(14-18)25-23(31-22)27(15-16-4-2-1-3-5-16)32(28,29)19-9-6-17(7-10-19)20-12-13-30-26-20/h1-14H,15H2. The van der Waals surface area contributed by atoms with Crippen LogP contribution in [-0.2, 0) is 16.6 Å². The van der Waals surface area contributed by atoms with Crippen molar-refractivity contribution in [1.29, 1.82) is 0 Å². The largest absolute Gasteiger partial charge is 0.364 e. The number of aromatic nitrogens is 2. The maximum absolute atomic E-state index is 13.7. The molecule has 0 aliphatic carbocycles. The summed E-state index contributed by atoms with van der Waals surface area (Å²) in [6.45, 7) is 0.155. The summed E-state index contributed by atoms with van der Waals surface area (Å²) in [6, 6.07) is 23.1. The third-order valence-electron chi connectivity index (χ3n) is 4.90. The Morgan fingerprint density at radius 1 is 0.969 bits per heavy atom. The molecule has 0 unspecified atom stereocenters. The Kier molecular flexibility index (Phi) is 5.42. The highest BCUT2D eigenvalue weighted by molar-refractivity contribution is 7.93. The average Bonchev–Trinajstić information content (AvgIpc) is 3.48. The second-order valence-corrected chi connectivity index (χ2v) is 10.3. The number of halogens is 1. The molecule has 0 aliphatic rings. The van der Waals surface area contributed by atoms with Gasteiger partial charge in [0.05, 0.1) is 21.7 Å². The summed E-state index contributed by atoms with van der Waals surface area (Å²) in [6.07, 6.45) is 1.47. The molecule has 2 aromatic heterocycles. The van der Waals surface area contributed by atoms with Gasteiger partial charge in [-0.05, 0) is 35.9 Å². The van der Waals surface area contributed by atoms with Gasteiger partial charge < -0.3 is 4.52 Å². The van der Waals surface area contributed by atoms with Crippen LogP contribution >= 0.6 is 22.9 Å². The zero-order valence-electron chi connectivity index (χ0n) is 16.6. The number of sulfonamides is 1. The summed E-state index contributed by atoms with van der Waals surface area (Å²) in [4.78, 5) is 4.74. The Morgan fingerprint density at radius 3 is 2.47 bits per heavy atom. The predicted octanol–water partition coefficient (Wildman–Crippen LogP) is 6.00. The minimum absolute atomic E-state index is 0.155. The molecule has 0 atom stereocenters. The summed E-state index contributed by atoms with van der Waals surface area (Å²) in [5.74, 6) is 0. The summed E-state index contributed by atoms with van der Waals surface area (Å²) in [7, 11) is -3.89. The third-order valence-corrected chi connectivity index (χ3v) is 8.06. The van der Waals surface area contributed by atoms with Gasteiger partial charge in [-0.2, -0.15) is 0 Å². The lowest BCUT2D eigenvalue weighted by molar-refractivity contribution is 0.422. The first-order valence-electron chi connectivity index (χ1n) is 9.64. The number of nitrogens with zero attached hydrogens (tertiary/aromatic N) is 3. The fraction of sp³-hybridized carbons (Fsp3) is 0.0435. The van der Waals surface area contributed by atoms with Crippen molar-refractivity contribution in [2.24, 2.45) is 0 Å². The molecule has 3 aromatic carbocycles. The van der Waals surface area contributed by atoms with Crippen molar-refractivity contribution < 1.29 is 12.9 Å².